The molecule has 0 aliphatic carbocycles. The first-order chi connectivity index (χ1) is 10.0. The zero-order valence-electron chi connectivity index (χ0n) is 11.9. The second kappa shape index (κ2) is 6.76. The molecule has 0 saturated carbocycles. The maximum Gasteiger partial charge on any atom is 0.307 e. The van der Waals surface area contributed by atoms with Crippen LogP contribution in [0.3, 0.4) is 0 Å². The van der Waals surface area contributed by atoms with Gasteiger partial charge in [-0.15, -0.1) is 0 Å². The van der Waals surface area contributed by atoms with Gasteiger partial charge >= 0.3 is 5.97 Å². The third-order valence-corrected chi connectivity index (χ3v) is 3.81. The topological polar surface area (TPSA) is 66.4 Å². The first-order valence-corrected chi connectivity index (χ1v) is 7.41. The number of aliphatic carboxylic acids is 1. The minimum atomic E-state index is -0.890. The van der Waals surface area contributed by atoms with Crippen molar-refractivity contribution in [1.82, 2.24) is 0 Å². The largest absolute Gasteiger partial charge is 0.481 e. The van der Waals surface area contributed by atoms with E-state index in [9.17, 15) is 9.59 Å². The molecular weight excluding hydrogens is 290 g/mol. The SMILES string of the molecule is CCCC/C(=C\CC(=O)O)C1C(=O)Nc2cc(Cl)ccc21. The number of carboxylic acid groups (broad SMARTS) is 1. The van der Waals surface area contributed by atoms with Crippen LogP contribution >= 0.6 is 11.6 Å². The lowest BCUT2D eigenvalue weighted by Gasteiger charge is -2.14. The number of anilines is 1. The highest BCUT2D eigenvalue weighted by Gasteiger charge is 2.33. The summed E-state index contributed by atoms with van der Waals surface area (Å²) in [5.74, 6) is -1.40. The highest BCUT2D eigenvalue weighted by atomic mass is 35.5. The quantitative estimate of drug-likeness (QED) is 0.782. The van der Waals surface area contributed by atoms with Gasteiger partial charge in [0, 0.05) is 10.7 Å². The molecule has 1 heterocycles. The lowest BCUT2D eigenvalue weighted by atomic mass is 9.88. The molecular formula is C16H18ClNO3. The minimum Gasteiger partial charge on any atom is -0.481 e. The van der Waals surface area contributed by atoms with Crippen molar-refractivity contribution in [3.8, 4) is 0 Å². The second-order valence-corrected chi connectivity index (χ2v) is 5.57. The zero-order valence-corrected chi connectivity index (χ0v) is 12.6. The minimum absolute atomic E-state index is 0.0637. The van der Waals surface area contributed by atoms with E-state index in [1.807, 2.05) is 6.07 Å². The van der Waals surface area contributed by atoms with E-state index in [2.05, 4.69) is 12.2 Å². The molecule has 1 atom stereocenters. The highest BCUT2D eigenvalue weighted by Crippen LogP contribution is 2.40. The lowest BCUT2D eigenvalue weighted by molar-refractivity contribution is -0.136. The van der Waals surface area contributed by atoms with Gasteiger partial charge in [0.1, 0.15) is 0 Å². The van der Waals surface area contributed by atoms with E-state index in [1.54, 1.807) is 18.2 Å². The van der Waals surface area contributed by atoms with Crippen LogP contribution in [-0.4, -0.2) is 17.0 Å². The molecule has 1 aromatic rings. The van der Waals surface area contributed by atoms with Crippen molar-refractivity contribution < 1.29 is 14.7 Å². The molecule has 112 valence electrons. The standard InChI is InChI=1S/C16H18ClNO3/c1-2-3-4-10(5-8-14(19)20)15-12-7-6-11(17)9-13(12)18-16(15)21/h5-7,9,15H,2-4,8H2,1H3,(H,18,21)(H,19,20)/b10-5+. The molecule has 1 aliphatic rings. The van der Waals surface area contributed by atoms with Crippen LogP contribution in [0.15, 0.2) is 29.8 Å². The van der Waals surface area contributed by atoms with Crippen molar-refractivity contribution in [3.05, 3.63) is 40.4 Å². The molecule has 0 aromatic heterocycles. The number of rotatable bonds is 6. The number of benzene rings is 1. The average molecular weight is 308 g/mol. The van der Waals surface area contributed by atoms with Crippen molar-refractivity contribution in [3.63, 3.8) is 0 Å². The Labute approximate surface area is 128 Å². The van der Waals surface area contributed by atoms with E-state index in [0.29, 0.717) is 5.02 Å². The Kier molecular flexibility index (Phi) is 5.02. The van der Waals surface area contributed by atoms with E-state index in [0.717, 1.165) is 36.1 Å². The molecule has 1 aliphatic heterocycles. The van der Waals surface area contributed by atoms with Crippen LogP contribution in [0.1, 0.15) is 44.1 Å². The maximum atomic E-state index is 12.2. The Morgan fingerprint density at radius 1 is 1.48 bits per heavy atom. The summed E-state index contributed by atoms with van der Waals surface area (Å²) in [5, 5.41) is 12.3. The van der Waals surface area contributed by atoms with Gasteiger partial charge in [-0.25, -0.2) is 0 Å². The number of carboxylic acids is 1. The fraction of sp³-hybridized carbons (Fsp3) is 0.375. The number of hydrogen-bond acceptors (Lipinski definition) is 2. The molecule has 2 N–H and O–H groups in total. The molecule has 1 aromatic carbocycles. The van der Waals surface area contributed by atoms with Crippen molar-refractivity contribution in [1.29, 1.82) is 0 Å². The Morgan fingerprint density at radius 2 is 2.24 bits per heavy atom. The molecule has 1 amide bonds. The predicted octanol–water partition coefficient (Wildman–Crippen LogP) is 3.97. The summed E-state index contributed by atoms with van der Waals surface area (Å²) >= 11 is 5.94. The molecule has 21 heavy (non-hydrogen) atoms. The van der Waals surface area contributed by atoms with Gasteiger partial charge in [-0.1, -0.05) is 42.7 Å². The van der Waals surface area contributed by atoms with E-state index >= 15 is 0 Å². The van der Waals surface area contributed by atoms with Crippen molar-refractivity contribution in [2.75, 3.05) is 5.32 Å². The number of carbonyl (C=O) groups excluding carboxylic acids is 1. The Morgan fingerprint density at radius 3 is 2.90 bits per heavy atom. The molecule has 0 radical (unpaired) electrons. The van der Waals surface area contributed by atoms with Crippen LogP contribution in [0.5, 0.6) is 0 Å². The van der Waals surface area contributed by atoms with Crippen LogP contribution in [0, 0.1) is 0 Å². The molecule has 0 fully saturated rings. The van der Waals surface area contributed by atoms with E-state index in [1.165, 1.54) is 0 Å². The number of nitrogens with one attached hydrogen (secondary N) is 1. The lowest BCUT2D eigenvalue weighted by Crippen LogP contribution is -2.14. The number of amides is 1. The van der Waals surface area contributed by atoms with E-state index in [4.69, 9.17) is 16.7 Å². The van der Waals surface area contributed by atoms with Gasteiger partial charge in [-0.2, -0.15) is 0 Å². The van der Waals surface area contributed by atoms with Crippen LogP contribution in [0.4, 0.5) is 5.69 Å². The van der Waals surface area contributed by atoms with Crippen molar-refractivity contribution in [2.45, 2.75) is 38.5 Å². The van der Waals surface area contributed by atoms with Gasteiger partial charge in [0.15, 0.2) is 0 Å². The Bertz CT molecular complexity index is 595. The van der Waals surface area contributed by atoms with Crippen molar-refractivity contribution >= 4 is 29.2 Å². The predicted molar refractivity (Wildman–Crippen MR) is 82.7 cm³/mol. The zero-order chi connectivity index (χ0) is 15.4. The molecule has 0 spiro atoms. The third-order valence-electron chi connectivity index (χ3n) is 3.58. The Balaban J connectivity index is 2.33. The second-order valence-electron chi connectivity index (χ2n) is 5.13. The monoisotopic (exact) mass is 307 g/mol. The summed E-state index contributed by atoms with van der Waals surface area (Å²) in [4.78, 5) is 23.1. The van der Waals surface area contributed by atoms with Crippen molar-refractivity contribution in [2.24, 2.45) is 0 Å². The van der Waals surface area contributed by atoms with Gasteiger partial charge in [0.25, 0.3) is 0 Å². The molecule has 5 heteroatoms. The number of halogens is 1. The maximum absolute atomic E-state index is 12.2. The van der Waals surface area contributed by atoms with Crippen LogP contribution in [-0.2, 0) is 9.59 Å². The van der Waals surface area contributed by atoms with Gasteiger partial charge < -0.3 is 10.4 Å². The summed E-state index contributed by atoms with van der Waals surface area (Å²) in [7, 11) is 0. The summed E-state index contributed by atoms with van der Waals surface area (Å²) in [5.41, 5.74) is 2.46. The third kappa shape index (κ3) is 3.64. The molecule has 0 bridgehead atoms. The summed E-state index contributed by atoms with van der Waals surface area (Å²) in [6.45, 7) is 2.07. The first-order valence-electron chi connectivity index (χ1n) is 7.04. The summed E-state index contributed by atoms with van der Waals surface area (Å²) < 4.78 is 0. The Hall–Kier alpha value is -1.81. The average Bonchev–Trinajstić information content (AvgIpc) is 2.74. The molecule has 4 nitrogen and oxygen atoms in total. The molecule has 2 rings (SSSR count). The number of unbranched alkanes of at least 4 members (excludes halogenated alkanes) is 1. The first kappa shape index (κ1) is 15.6. The summed E-state index contributed by atoms with van der Waals surface area (Å²) in [6, 6.07) is 5.31. The normalized spacial score (nSPS) is 17.5. The van der Waals surface area contributed by atoms with Crippen LogP contribution in [0.2, 0.25) is 5.02 Å². The number of hydrogen-bond donors (Lipinski definition) is 2. The van der Waals surface area contributed by atoms with E-state index in [-0.39, 0.29) is 12.3 Å². The van der Waals surface area contributed by atoms with Gasteiger partial charge in [0.2, 0.25) is 5.91 Å². The smallest absolute Gasteiger partial charge is 0.307 e. The van der Waals surface area contributed by atoms with Gasteiger partial charge in [0.05, 0.1) is 12.3 Å². The fourth-order valence-corrected chi connectivity index (χ4v) is 2.74. The van der Waals surface area contributed by atoms with Gasteiger partial charge in [-0.3, -0.25) is 9.59 Å². The molecule has 0 saturated heterocycles. The number of carbonyl (C=O) groups is 2. The number of fused-ring (bicyclic) bond motifs is 1. The summed E-state index contributed by atoms with van der Waals surface area (Å²) in [6.07, 6.45) is 4.26. The fourth-order valence-electron chi connectivity index (χ4n) is 2.57. The van der Waals surface area contributed by atoms with E-state index < -0.39 is 11.9 Å². The molecule has 1 unspecified atom stereocenters. The van der Waals surface area contributed by atoms with Crippen LogP contribution in [0.25, 0.3) is 0 Å². The highest BCUT2D eigenvalue weighted by molar-refractivity contribution is 6.31. The van der Waals surface area contributed by atoms with Gasteiger partial charge in [-0.05, 0) is 30.5 Å². The van der Waals surface area contributed by atoms with Crippen LogP contribution < -0.4 is 5.32 Å².